The van der Waals surface area contributed by atoms with Gasteiger partial charge in [0.2, 0.25) is 11.1 Å². The van der Waals surface area contributed by atoms with Crippen molar-refractivity contribution in [2.24, 2.45) is 0 Å². The summed E-state index contributed by atoms with van der Waals surface area (Å²) in [6.45, 7) is 7.46. The number of H-pyrrole nitrogens is 1. The van der Waals surface area contributed by atoms with Crippen LogP contribution in [0.2, 0.25) is 0 Å². The molecule has 110 valence electrons. The first-order chi connectivity index (χ1) is 9.69. The number of nitrogens with zero attached hydrogens (tertiary/aromatic N) is 1. The average molecular weight is 303 g/mol. The molecule has 0 saturated carbocycles. The summed E-state index contributed by atoms with van der Waals surface area (Å²) in [7, 11) is 0. The second-order valence-corrected chi connectivity index (χ2v) is 4.99. The van der Waals surface area contributed by atoms with Gasteiger partial charge in [-0.15, -0.1) is 0 Å². The van der Waals surface area contributed by atoms with E-state index in [0.29, 0.717) is 0 Å². The van der Waals surface area contributed by atoms with Gasteiger partial charge in [0.1, 0.15) is 0 Å². The maximum absolute atomic E-state index is 5.74. The predicted molar refractivity (Wildman–Crippen MR) is 81.3 cm³/mol. The van der Waals surface area contributed by atoms with E-state index < -0.39 is 0 Å². The molecule has 0 unspecified atom stereocenters. The first kappa shape index (κ1) is 15.4. The highest BCUT2D eigenvalue weighted by Crippen LogP contribution is 2.18. The Morgan fingerprint density at radius 2 is 1.95 bits per heavy atom. The summed E-state index contributed by atoms with van der Waals surface area (Å²) in [6.07, 6.45) is 4.09. The van der Waals surface area contributed by atoms with Crippen LogP contribution in [0.15, 0.2) is 34.7 Å². The molecule has 21 heavy (non-hydrogen) atoms. The minimum Gasteiger partial charge on any atom is -1.00 e. The van der Waals surface area contributed by atoms with Gasteiger partial charge in [-0.2, -0.15) is 4.98 Å². The van der Waals surface area contributed by atoms with E-state index in [2.05, 4.69) is 42.5 Å². The van der Waals surface area contributed by atoms with Crippen molar-refractivity contribution in [3.8, 4) is 0 Å². The lowest BCUT2D eigenvalue weighted by Crippen LogP contribution is -3.00. The molecule has 0 spiro atoms. The first-order valence-electron chi connectivity index (χ1n) is 6.94. The second kappa shape index (κ2) is 6.19. The van der Waals surface area contributed by atoms with Crippen LogP contribution in [-0.2, 0) is 6.54 Å². The van der Waals surface area contributed by atoms with Gasteiger partial charge < -0.3 is 21.4 Å². The molecule has 0 aliphatic carbocycles. The molecule has 3 nitrogen and oxygen atoms in total. The normalized spacial score (nSPS) is 11.2. The third kappa shape index (κ3) is 2.88. The standard InChI is InChI=1S/C17H18N2O.ClH/c1-4-19-12(2)11-14(13(19)3)9-10-17-18-15-7-5-6-8-16(15)20-17;/h5-11H,4H2,1-3H3;1H. The predicted octanol–water partition coefficient (Wildman–Crippen LogP) is 0.860. The van der Waals surface area contributed by atoms with Gasteiger partial charge in [0.05, 0.1) is 6.08 Å². The molecule has 2 aromatic heterocycles. The van der Waals surface area contributed by atoms with Crippen LogP contribution in [0.25, 0.3) is 23.3 Å². The van der Waals surface area contributed by atoms with Crippen LogP contribution in [-0.4, -0.2) is 4.57 Å². The summed E-state index contributed by atoms with van der Waals surface area (Å²) in [5.41, 5.74) is 5.71. The largest absolute Gasteiger partial charge is 1.00 e. The molecule has 0 amide bonds. The Balaban J connectivity index is 0.00000161. The SMILES string of the molecule is CCn1c(C)cc(C=Cc2[nH+]c3ccccc3o2)c1C.[Cl-]. The smallest absolute Gasteiger partial charge is 0.372 e. The van der Waals surface area contributed by atoms with Gasteiger partial charge in [-0.05, 0) is 44.5 Å². The van der Waals surface area contributed by atoms with Crippen molar-refractivity contribution in [3.05, 3.63) is 53.2 Å². The molecule has 0 aliphatic heterocycles. The highest BCUT2D eigenvalue weighted by Gasteiger charge is 2.10. The van der Waals surface area contributed by atoms with E-state index in [1.165, 1.54) is 17.0 Å². The van der Waals surface area contributed by atoms with Crippen LogP contribution in [0, 0.1) is 13.8 Å². The van der Waals surface area contributed by atoms with Crippen LogP contribution in [0.5, 0.6) is 0 Å². The van der Waals surface area contributed by atoms with Crippen LogP contribution in [0.3, 0.4) is 0 Å². The lowest BCUT2D eigenvalue weighted by molar-refractivity contribution is -0.357. The van der Waals surface area contributed by atoms with Gasteiger partial charge in [0, 0.05) is 24.0 Å². The van der Waals surface area contributed by atoms with Gasteiger partial charge in [-0.25, -0.2) is 0 Å². The molecule has 0 bridgehead atoms. The highest BCUT2D eigenvalue weighted by molar-refractivity contribution is 5.72. The number of para-hydroxylation sites is 2. The number of oxazole rings is 1. The molecule has 0 aliphatic rings. The molecule has 0 radical (unpaired) electrons. The fourth-order valence-electron chi connectivity index (χ4n) is 2.66. The summed E-state index contributed by atoms with van der Waals surface area (Å²) in [6, 6.07) is 10.2. The molecule has 1 aromatic carbocycles. The first-order valence-corrected chi connectivity index (χ1v) is 6.94. The topological polar surface area (TPSA) is 32.2 Å². The van der Waals surface area contributed by atoms with Crippen LogP contribution in [0.1, 0.15) is 29.8 Å². The average Bonchev–Trinajstić information content (AvgIpc) is 2.97. The van der Waals surface area contributed by atoms with E-state index in [-0.39, 0.29) is 12.4 Å². The molecular weight excluding hydrogens is 284 g/mol. The Kier molecular flexibility index (Phi) is 4.53. The highest BCUT2D eigenvalue weighted by atomic mass is 35.5. The zero-order valence-corrected chi connectivity index (χ0v) is 13.2. The minimum absolute atomic E-state index is 0. The molecule has 3 aromatic rings. The van der Waals surface area contributed by atoms with Gasteiger partial charge in [0.25, 0.3) is 0 Å². The van der Waals surface area contributed by atoms with Crippen LogP contribution >= 0.6 is 0 Å². The Morgan fingerprint density at radius 1 is 1.19 bits per heavy atom. The molecular formula is C17H19ClN2O. The molecule has 0 atom stereocenters. The van der Waals surface area contributed by atoms with E-state index >= 15 is 0 Å². The summed E-state index contributed by atoms with van der Waals surface area (Å²) in [5, 5.41) is 0. The number of fused-ring (bicyclic) bond motifs is 1. The fraction of sp³-hybridized carbons (Fsp3) is 0.235. The third-order valence-electron chi connectivity index (χ3n) is 3.71. The van der Waals surface area contributed by atoms with Crippen LogP contribution in [0.4, 0.5) is 0 Å². The molecule has 4 heteroatoms. The van der Waals surface area contributed by atoms with E-state index in [1.807, 2.05) is 30.3 Å². The number of aromatic nitrogens is 2. The van der Waals surface area contributed by atoms with Gasteiger partial charge in [0.15, 0.2) is 0 Å². The second-order valence-electron chi connectivity index (χ2n) is 4.99. The zero-order chi connectivity index (χ0) is 14.1. The number of hydrogen-bond donors (Lipinski definition) is 0. The number of hydrogen-bond acceptors (Lipinski definition) is 1. The molecule has 0 fully saturated rings. The maximum atomic E-state index is 5.74. The fourth-order valence-corrected chi connectivity index (χ4v) is 2.66. The Hall–Kier alpha value is -2.00. The number of aryl methyl sites for hydroxylation is 1. The quantitative estimate of drug-likeness (QED) is 0.706. The van der Waals surface area contributed by atoms with Crippen molar-refractivity contribution in [2.75, 3.05) is 0 Å². The number of halogens is 1. The summed E-state index contributed by atoms with van der Waals surface area (Å²) >= 11 is 0. The van der Waals surface area contributed by atoms with E-state index in [4.69, 9.17) is 4.42 Å². The van der Waals surface area contributed by atoms with E-state index in [9.17, 15) is 0 Å². The van der Waals surface area contributed by atoms with Crippen molar-refractivity contribution in [2.45, 2.75) is 27.3 Å². The summed E-state index contributed by atoms with van der Waals surface area (Å²) in [5.74, 6) is 0.771. The van der Waals surface area contributed by atoms with Crippen LogP contribution < -0.4 is 17.4 Å². The zero-order valence-electron chi connectivity index (χ0n) is 12.5. The van der Waals surface area contributed by atoms with Crippen molar-refractivity contribution in [1.82, 2.24) is 4.57 Å². The monoisotopic (exact) mass is 302 g/mol. The summed E-state index contributed by atoms with van der Waals surface area (Å²) < 4.78 is 8.05. The van der Waals surface area contributed by atoms with E-state index in [0.717, 1.165) is 23.5 Å². The molecule has 0 saturated heterocycles. The Labute approximate surface area is 130 Å². The van der Waals surface area contributed by atoms with Gasteiger partial charge in [-0.1, -0.05) is 12.1 Å². The van der Waals surface area contributed by atoms with Crippen molar-refractivity contribution < 1.29 is 21.8 Å². The number of nitrogens with one attached hydrogen (secondary N) is 1. The minimum atomic E-state index is 0. The third-order valence-corrected chi connectivity index (χ3v) is 3.71. The van der Waals surface area contributed by atoms with E-state index in [1.54, 1.807) is 0 Å². The Morgan fingerprint density at radius 3 is 2.62 bits per heavy atom. The summed E-state index contributed by atoms with van der Waals surface area (Å²) in [4.78, 5) is 3.26. The lowest BCUT2D eigenvalue weighted by Gasteiger charge is -2.04. The van der Waals surface area contributed by atoms with Gasteiger partial charge in [-0.3, -0.25) is 0 Å². The number of aromatic amines is 1. The van der Waals surface area contributed by atoms with Crippen molar-refractivity contribution in [3.63, 3.8) is 0 Å². The molecule has 1 N–H and O–H groups in total. The number of benzene rings is 1. The lowest BCUT2D eigenvalue weighted by atomic mass is 10.2. The number of rotatable bonds is 3. The Bertz CT molecular complexity index is 750. The van der Waals surface area contributed by atoms with Gasteiger partial charge >= 0.3 is 5.89 Å². The molecule has 3 rings (SSSR count). The van der Waals surface area contributed by atoms with Crippen molar-refractivity contribution >= 4 is 23.3 Å². The van der Waals surface area contributed by atoms with Crippen molar-refractivity contribution in [1.29, 1.82) is 0 Å². The maximum Gasteiger partial charge on any atom is 0.372 e. The molecule has 2 heterocycles.